The summed E-state index contributed by atoms with van der Waals surface area (Å²) in [4.78, 5) is 4.37. The Bertz CT molecular complexity index is 921. The Morgan fingerprint density at radius 1 is 1.23 bits per heavy atom. The van der Waals surface area contributed by atoms with Crippen molar-refractivity contribution < 1.29 is 9.50 Å². The van der Waals surface area contributed by atoms with Crippen LogP contribution in [-0.2, 0) is 6.42 Å². The third-order valence-electron chi connectivity index (χ3n) is 5.04. The molecule has 0 bridgehead atoms. The Kier molecular flexibility index (Phi) is 4.78. The Morgan fingerprint density at radius 2 is 2.04 bits per heavy atom. The maximum Gasteiger partial charge on any atom is 0.158 e. The van der Waals surface area contributed by atoms with Gasteiger partial charge in [-0.2, -0.15) is 5.10 Å². The summed E-state index contributed by atoms with van der Waals surface area (Å²) in [5, 5.41) is 17.3. The van der Waals surface area contributed by atoms with Crippen molar-refractivity contribution in [2.45, 2.75) is 38.2 Å². The summed E-state index contributed by atoms with van der Waals surface area (Å²) in [5.74, 6) is 0.768. The third kappa shape index (κ3) is 3.52. The van der Waals surface area contributed by atoms with Crippen molar-refractivity contribution in [1.29, 1.82) is 0 Å². The zero-order valence-corrected chi connectivity index (χ0v) is 15.0. The van der Waals surface area contributed by atoms with Crippen molar-refractivity contribution in [2.24, 2.45) is 5.92 Å². The van der Waals surface area contributed by atoms with Crippen LogP contribution >= 0.6 is 11.6 Å². The molecule has 136 valence electrons. The second-order valence-corrected chi connectivity index (χ2v) is 7.28. The molecule has 0 spiro atoms. The van der Waals surface area contributed by atoms with Gasteiger partial charge in [0.25, 0.3) is 0 Å². The number of anilines is 2. The van der Waals surface area contributed by atoms with Crippen molar-refractivity contribution >= 4 is 28.6 Å². The summed E-state index contributed by atoms with van der Waals surface area (Å²) in [6.07, 6.45) is 7.98. The molecule has 0 aliphatic heterocycles. The molecule has 1 fully saturated rings. The predicted octanol–water partition coefficient (Wildman–Crippen LogP) is 4.36. The number of hydrogen-bond donors (Lipinski definition) is 2. The maximum atomic E-state index is 13.4. The highest BCUT2D eigenvalue weighted by Gasteiger charge is 2.21. The molecule has 1 aliphatic rings. The molecular weight excluding hydrogens is 355 g/mol. The number of aliphatic hydroxyl groups is 1. The van der Waals surface area contributed by atoms with Gasteiger partial charge in [-0.1, -0.05) is 11.6 Å². The average molecular weight is 375 g/mol. The normalized spacial score (nSPS) is 20.4. The molecule has 0 amide bonds. The van der Waals surface area contributed by atoms with Crippen molar-refractivity contribution in [3.05, 3.63) is 53.2 Å². The van der Waals surface area contributed by atoms with Gasteiger partial charge in [0.15, 0.2) is 5.82 Å². The Morgan fingerprint density at radius 3 is 2.81 bits per heavy atom. The van der Waals surface area contributed by atoms with E-state index in [9.17, 15) is 9.50 Å². The van der Waals surface area contributed by atoms with Gasteiger partial charge in [0.05, 0.1) is 11.1 Å². The van der Waals surface area contributed by atoms with E-state index in [0.29, 0.717) is 17.4 Å². The number of benzene rings is 1. The minimum atomic E-state index is -0.451. The van der Waals surface area contributed by atoms with Crippen molar-refractivity contribution in [1.82, 2.24) is 14.6 Å². The smallest absolute Gasteiger partial charge is 0.158 e. The number of aromatic nitrogens is 3. The first-order valence-electron chi connectivity index (χ1n) is 8.81. The predicted molar refractivity (Wildman–Crippen MR) is 99.3 cm³/mol. The molecule has 2 aromatic heterocycles. The second kappa shape index (κ2) is 7.21. The number of hydrogen-bond acceptors (Lipinski definition) is 4. The third-order valence-corrected chi connectivity index (χ3v) is 5.33. The number of halogens is 2. The summed E-state index contributed by atoms with van der Waals surface area (Å²) in [6, 6.07) is 6.57. The zero-order chi connectivity index (χ0) is 18.1. The van der Waals surface area contributed by atoms with E-state index in [-0.39, 0.29) is 11.1 Å². The summed E-state index contributed by atoms with van der Waals surface area (Å²) < 4.78 is 15.2. The van der Waals surface area contributed by atoms with Crippen LogP contribution in [0, 0.1) is 11.7 Å². The first-order valence-corrected chi connectivity index (χ1v) is 9.19. The Labute approximate surface area is 155 Å². The lowest BCUT2D eigenvalue weighted by Gasteiger charge is -2.25. The first kappa shape index (κ1) is 17.2. The lowest BCUT2D eigenvalue weighted by Crippen LogP contribution is -2.19. The van der Waals surface area contributed by atoms with Crippen LogP contribution < -0.4 is 5.32 Å². The SMILES string of the molecule is OC1CCC(Cc2ccn3ncnc(Nc4ccc(F)c(Cl)c4)c23)CC1. The Balaban J connectivity index is 1.62. The van der Waals surface area contributed by atoms with Gasteiger partial charge in [0.1, 0.15) is 17.7 Å². The van der Waals surface area contributed by atoms with Crippen LogP contribution in [0.2, 0.25) is 5.02 Å². The van der Waals surface area contributed by atoms with Gasteiger partial charge < -0.3 is 10.4 Å². The standard InChI is InChI=1S/C19H20ClFN4O/c20-16-10-14(3-6-17(16)21)24-19-18-13(7-8-25(18)23-11-22-19)9-12-1-4-15(26)5-2-12/h3,6-8,10-12,15,26H,1-2,4-5,9H2,(H,22,23,24). The minimum Gasteiger partial charge on any atom is -0.393 e. The molecular formula is C19H20ClFN4O. The van der Waals surface area contributed by atoms with Crippen LogP contribution in [0.15, 0.2) is 36.8 Å². The quantitative estimate of drug-likeness (QED) is 0.712. The zero-order valence-electron chi connectivity index (χ0n) is 14.2. The number of aliphatic hydroxyl groups excluding tert-OH is 1. The van der Waals surface area contributed by atoms with Crippen LogP contribution in [0.25, 0.3) is 5.52 Å². The first-order chi connectivity index (χ1) is 12.6. The molecule has 7 heteroatoms. The molecule has 1 saturated carbocycles. The van der Waals surface area contributed by atoms with E-state index in [4.69, 9.17) is 11.6 Å². The molecule has 1 aliphatic carbocycles. The van der Waals surface area contributed by atoms with Crippen LogP contribution in [0.4, 0.5) is 15.9 Å². The number of nitrogens with zero attached hydrogens (tertiary/aromatic N) is 3. The van der Waals surface area contributed by atoms with Crippen molar-refractivity contribution in [3.8, 4) is 0 Å². The summed E-state index contributed by atoms with van der Waals surface area (Å²) >= 11 is 5.88. The van der Waals surface area contributed by atoms with E-state index < -0.39 is 5.82 Å². The van der Waals surface area contributed by atoms with Gasteiger partial charge in [0.2, 0.25) is 0 Å². The van der Waals surface area contributed by atoms with E-state index in [1.807, 2.05) is 6.20 Å². The van der Waals surface area contributed by atoms with Crippen LogP contribution in [0.5, 0.6) is 0 Å². The molecule has 0 saturated heterocycles. The highest BCUT2D eigenvalue weighted by molar-refractivity contribution is 6.31. The van der Waals surface area contributed by atoms with Gasteiger partial charge in [-0.15, -0.1) is 0 Å². The van der Waals surface area contributed by atoms with Crippen molar-refractivity contribution in [2.75, 3.05) is 5.32 Å². The minimum absolute atomic E-state index is 0.0662. The maximum absolute atomic E-state index is 13.4. The molecule has 0 unspecified atom stereocenters. The van der Waals surface area contributed by atoms with Gasteiger partial charge in [0, 0.05) is 11.9 Å². The van der Waals surface area contributed by atoms with Crippen LogP contribution in [0.3, 0.4) is 0 Å². The summed E-state index contributed by atoms with van der Waals surface area (Å²) in [6.45, 7) is 0. The lowest BCUT2D eigenvalue weighted by molar-refractivity contribution is 0.109. The number of rotatable bonds is 4. The summed E-state index contributed by atoms with van der Waals surface area (Å²) in [7, 11) is 0. The van der Waals surface area contributed by atoms with E-state index in [2.05, 4.69) is 21.5 Å². The van der Waals surface area contributed by atoms with Gasteiger partial charge >= 0.3 is 0 Å². The Hall–Kier alpha value is -2.18. The van der Waals surface area contributed by atoms with E-state index in [1.54, 1.807) is 16.6 Å². The fourth-order valence-corrected chi connectivity index (χ4v) is 3.83. The van der Waals surface area contributed by atoms with Gasteiger partial charge in [-0.05, 0) is 67.9 Å². The molecule has 2 N–H and O–H groups in total. The monoisotopic (exact) mass is 374 g/mol. The average Bonchev–Trinajstić information content (AvgIpc) is 3.04. The highest BCUT2D eigenvalue weighted by Crippen LogP contribution is 2.31. The van der Waals surface area contributed by atoms with Gasteiger partial charge in [-0.25, -0.2) is 13.9 Å². The topological polar surface area (TPSA) is 62.5 Å². The van der Waals surface area contributed by atoms with Gasteiger partial charge in [-0.3, -0.25) is 0 Å². The number of nitrogens with one attached hydrogen (secondary N) is 1. The van der Waals surface area contributed by atoms with E-state index >= 15 is 0 Å². The van der Waals surface area contributed by atoms with Crippen LogP contribution in [0.1, 0.15) is 31.2 Å². The number of fused-ring (bicyclic) bond motifs is 1. The van der Waals surface area contributed by atoms with E-state index in [1.165, 1.54) is 18.0 Å². The fraction of sp³-hybridized carbons (Fsp3) is 0.368. The van der Waals surface area contributed by atoms with Crippen LogP contribution in [-0.4, -0.2) is 25.8 Å². The fourth-order valence-electron chi connectivity index (χ4n) is 3.65. The highest BCUT2D eigenvalue weighted by atomic mass is 35.5. The molecule has 5 nitrogen and oxygen atoms in total. The molecule has 4 rings (SSSR count). The molecule has 3 aromatic rings. The summed E-state index contributed by atoms with van der Waals surface area (Å²) in [5.41, 5.74) is 2.76. The largest absolute Gasteiger partial charge is 0.393 e. The van der Waals surface area contributed by atoms with Crippen molar-refractivity contribution in [3.63, 3.8) is 0 Å². The second-order valence-electron chi connectivity index (χ2n) is 6.88. The molecule has 2 heterocycles. The molecule has 26 heavy (non-hydrogen) atoms. The van der Waals surface area contributed by atoms with E-state index in [0.717, 1.165) is 37.6 Å². The molecule has 1 aromatic carbocycles. The molecule has 0 radical (unpaired) electrons. The molecule has 0 atom stereocenters. The lowest BCUT2D eigenvalue weighted by atomic mass is 9.84.